The van der Waals surface area contributed by atoms with Gasteiger partial charge >= 0.3 is 0 Å². The molecule has 0 spiro atoms. The van der Waals surface area contributed by atoms with Crippen LogP contribution in [0.3, 0.4) is 0 Å². The number of methoxy groups -OCH3 is 1. The Morgan fingerprint density at radius 1 is 1.26 bits per heavy atom. The van der Waals surface area contributed by atoms with Gasteiger partial charge in [-0.3, -0.25) is 0 Å². The van der Waals surface area contributed by atoms with E-state index >= 15 is 0 Å². The van der Waals surface area contributed by atoms with Gasteiger partial charge in [0.1, 0.15) is 5.75 Å². The summed E-state index contributed by atoms with van der Waals surface area (Å²) < 4.78 is 5.24. The van der Waals surface area contributed by atoms with E-state index in [4.69, 9.17) is 4.74 Å². The highest BCUT2D eigenvalue weighted by molar-refractivity contribution is 5.58. The van der Waals surface area contributed by atoms with Gasteiger partial charge in [-0.05, 0) is 44.5 Å². The van der Waals surface area contributed by atoms with Crippen molar-refractivity contribution in [2.24, 2.45) is 0 Å². The number of nitrogens with zero attached hydrogens (tertiary/aromatic N) is 2. The summed E-state index contributed by atoms with van der Waals surface area (Å²) in [6, 6.07) is 5.84. The first-order chi connectivity index (χ1) is 9.02. The Labute approximate surface area is 113 Å². The second-order valence-corrected chi connectivity index (χ2v) is 4.59. The summed E-state index contributed by atoms with van der Waals surface area (Å²) in [6.45, 7) is 5.58. The maximum atomic E-state index is 9.58. The van der Waals surface area contributed by atoms with Crippen molar-refractivity contribution in [1.29, 1.82) is 0 Å². The van der Waals surface area contributed by atoms with Crippen LogP contribution in [0.4, 0.5) is 0 Å². The molecule has 0 aliphatic heterocycles. The maximum Gasteiger partial charge on any atom is 0.159 e. The number of aliphatic hydroxyl groups is 1. The van der Waals surface area contributed by atoms with Crippen molar-refractivity contribution in [1.82, 2.24) is 9.97 Å². The number of aliphatic hydroxyl groups excluding tert-OH is 1. The zero-order valence-corrected chi connectivity index (χ0v) is 11.6. The molecule has 0 aliphatic rings. The molecular formula is C15H18N2O2. The Kier molecular flexibility index (Phi) is 3.81. The molecule has 1 N–H and O–H groups in total. The van der Waals surface area contributed by atoms with Crippen LogP contribution >= 0.6 is 0 Å². The van der Waals surface area contributed by atoms with E-state index in [1.54, 1.807) is 20.2 Å². The molecule has 100 valence electrons. The molecule has 0 saturated heterocycles. The average molecular weight is 258 g/mol. The third kappa shape index (κ3) is 2.74. The zero-order valence-electron chi connectivity index (χ0n) is 11.6. The molecule has 1 heterocycles. The number of benzene rings is 1. The maximum absolute atomic E-state index is 9.58. The molecule has 0 radical (unpaired) electrons. The van der Waals surface area contributed by atoms with Crippen LogP contribution in [-0.2, 0) is 0 Å². The van der Waals surface area contributed by atoms with Crippen molar-refractivity contribution in [3.63, 3.8) is 0 Å². The Morgan fingerprint density at radius 3 is 2.53 bits per heavy atom. The van der Waals surface area contributed by atoms with Crippen molar-refractivity contribution in [3.05, 3.63) is 41.2 Å². The number of ether oxygens (including phenoxy) is 1. The van der Waals surface area contributed by atoms with E-state index in [1.165, 1.54) is 0 Å². The highest BCUT2D eigenvalue weighted by Gasteiger charge is 2.10. The van der Waals surface area contributed by atoms with E-state index < -0.39 is 6.10 Å². The SMILES string of the molecule is COc1ccc(-c2ncc([C@@H](C)O)c(C)n2)cc1C. The van der Waals surface area contributed by atoms with Crippen LogP contribution in [0, 0.1) is 13.8 Å². The van der Waals surface area contributed by atoms with Gasteiger partial charge in [0, 0.05) is 23.0 Å². The van der Waals surface area contributed by atoms with Crippen molar-refractivity contribution >= 4 is 0 Å². The predicted octanol–water partition coefficient (Wildman–Crippen LogP) is 2.82. The minimum absolute atomic E-state index is 0.549. The third-order valence-electron chi connectivity index (χ3n) is 3.12. The molecule has 2 aromatic rings. The minimum Gasteiger partial charge on any atom is -0.496 e. The number of hydrogen-bond donors (Lipinski definition) is 1. The van der Waals surface area contributed by atoms with Gasteiger partial charge < -0.3 is 9.84 Å². The lowest BCUT2D eigenvalue weighted by molar-refractivity contribution is 0.197. The lowest BCUT2D eigenvalue weighted by Crippen LogP contribution is -2.01. The van der Waals surface area contributed by atoms with Crippen molar-refractivity contribution < 1.29 is 9.84 Å². The van der Waals surface area contributed by atoms with Crippen molar-refractivity contribution in [3.8, 4) is 17.1 Å². The van der Waals surface area contributed by atoms with E-state index in [0.717, 1.165) is 28.1 Å². The number of aryl methyl sites for hydroxylation is 2. The molecule has 4 heteroatoms. The molecule has 0 fully saturated rings. The van der Waals surface area contributed by atoms with Gasteiger partial charge in [0.05, 0.1) is 13.2 Å². The van der Waals surface area contributed by atoms with Crippen LogP contribution in [0.2, 0.25) is 0 Å². The van der Waals surface area contributed by atoms with E-state index in [-0.39, 0.29) is 0 Å². The van der Waals surface area contributed by atoms with Gasteiger partial charge in [-0.2, -0.15) is 0 Å². The molecule has 0 amide bonds. The molecule has 1 aromatic carbocycles. The molecule has 1 aromatic heterocycles. The fraction of sp³-hybridized carbons (Fsp3) is 0.333. The quantitative estimate of drug-likeness (QED) is 0.919. The highest BCUT2D eigenvalue weighted by Crippen LogP contribution is 2.25. The van der Waals surface area contributed by atoms with Crippen molar-refractivity contribution in [2.75, 3.05) is 7.11 Å². The Balaban J connectivity index is 2.42. The Bertz CT molecular complexity index is 595. The second-order valence-electron chi connectivity index (χ2n) is 4.59. The molecule has 2 rings (SSSR count). The number of aromatic nitrogens is 2. The van der Waals surface area contributed by atoms with Gasteiger partial charge in [0.25, 0.3) is 0 Å². The van der Waals surface area contributed by atoms with Gasteiger partial charge in [-0.25, -0.2) is 9.97 Å². The molecule has 19 heavy (non-hydrogen) atoms. The van der Waals surface area contributed by atoms with Gasteiger partial charge in [-0.15, -0.1) is 0 Å². The molecule has 0 aliphatic carbocycles. The summed E-state index contributed by atoms with van der Waals surface area (Å²) in [6.07, 6.45) is 1.13. The second kappa shape index (κ2) is 5.36. The summed E-state index contributed by atoms with van der Waals surface area (Å²) >= 11 is 0. The monoisotopic (exact) mass is 258 g/mol. The normalized spacial score (nSPS) is 12.3. The van der Waals surface area contributed by atoms with E-state index in [9.17, 15) is 5.11 Å². The summed E-state index contributed by atoms with van der Waals surface area (Å²) in [5, 5.41) is 9.58. The van der Waals surface area contributed by atoms with Crippen molar-refractivity contribution in [2.45, 2.75) is 26.9 Å². The van der Waals surface area contributed by atoms with Crippen LogP contribution in [0.25, 0.3) is 11.4 Å². The van der Waals surface area contributed by atoms with Crippen LogP contribution in [0.5, 0.6) is 5.75 Å². The molecule has 0 saturated carbocycles. The Hall–Kier alpha value is -1.94. The topological polar surface area (TPSA) is 55.2 Å². The fourth-order valence-electron chi connectivity index (χ4n) is 2.04. The van der Waals surface area contributed by atoms with Crippen LogP contribution < -0.4 is 4.74 Å². The first-order valence-electron chi connectivity index (χ1n) is 6.19. The average Bonchev–Trinajstić information content (AvgIpc) is 2.38. The lowest BCUT2D eigenvalue weighted by Gasteiger charge is -2.10. The van der Waals surface area contributed by atoms with E-state index in [2.05, 4.69) is 9.97 Å². The molecular weight excluding hydrogens is 240 g/mol. The summed E-state index contributed by atoms with van der Waals surface area (Å²) in [7, 11) is 1.65. The summed E-state index contributed by atoms with van der Waals surface area (Å²) in [5.74, 6) is 1.51. The van der Waals surface area contributed by atoms with Gasteiger partial charge in [0.2, 0.25) is 0 Å². The van der Waals surface area contributed by atoms with E-state index in [1.807, 2.05) is 32.0 Å². The molecule has 0 unspecified atom stereocenters. The molecule has 0 bridgehead atoms. The zero-order chi connectivity index (χ0) is 14.0. The van der Waals surface area contributed by atoms with Crippen LogP contribution in [-0.4, -0.2) is 22.2 Å². The number of rotatable bonds is 3. The standard InChI is InChI=1S/C15H18N2O2/c1-9-7-12(5-6-14(9)19-4)15-16-8-13(11(3)18)10(2)17-15/h5-8,11,18H,1-4H3/t11-/m1/s1. The molecule has 4 nitrogen and oxygen atoms in total. The largest absolute Gasteiger partial charge is 0.496 e. The predicted molar refractivity (Wildman–Crippen MR) is 74.1 cm³/mol. The minimum atomic E-state index is -0.549. The Morgan fingerprint density at radius 2 is 2.00 bits per heavy atom. The first-order valence-corrected chi connectivity index (χ1v) is 6.19. The van der Waals surface area contributed by atoms with Crippen LogP contribution in [0.1, 0.15) is 29.8 Å². The lowest BCUT2D eigenvalue weighted by atomic mass is 10.1. The van der Waals surface area contributed by atoms with Gasteiger partial charge in [0.15, 0.2) is 5.82 Å². The highest BCUT2D eigenvalue weighted by atomic mass is 16.5. The van der Waals surface area contributed by atoms with Crippen LogP contribution in [0.15, 0.2) is 24.4 Å². The fourth-order valence-corrected chi connectivity index (χ4v) is 2.04. The molecule has 1 atom stereocenters. The smallest absolute Gasteiger partial charge is 0.159 e. The van der Waals surface area contributed by atoms with E-state index in [0.29, 0.717) is 5.82 Å². The first kappa shape index (κ1) is 13.5. The summed E-state index contributed by atoms with van der Waals surface area (Å²) in [4.78, 5) is 8.77. The summed E-state index contributed by atoms with van der Waals surface area (Å²) in [5.41, 5.74) is 3.54. The number of hydrogen-bond acceptors (Lipinski definition) is 4. The third-order valence-corrected chi connectivity index (χ3v) is 3.12. The van der Waals surface area contributed by atoms with Gasteiger partial charge in [-0.1, -0.05) is 0 Å².